The van der Waals surface area contributed by atoms with E-state index < -0.39 is 0 Å². The molecule has 4 nitrogen and oxygen atoms in total. The molecule has 0 aliphatic rings. The van der Waals surface area contributed by atoms with Gasteiger partial charge < -0.3 is 10.2 Å². The predicted molar refractivity (Wildman–Crippen MR) is 152 cm³/mol. The molecule has 200 valence electrons. The molecule has 0 atom stereocenters. The van der Waals surface area contributed by atoms with Gasteiger partial charge in [-0.05, 0) is 25.7 Å². The summed E-state index contributed by atoms with van der Waals surface area (Å²) in [5.74, 6) is 0.326. The minimum atomic E-state index is 0.119. The minimum absolute atomic E-state index is 0.119. The maximum Gasteiger partial charge on any atom is 0.226 e. The van der Waals surface area contributed by atoms with Crippen LogP contribution in [-0.2, 0) is 9.59 Å². The van der Waals surface area contributed by atoms with Gasteiger partial charge >= 0.3 is 0 Å². The van der Waals surface area contributed by atoms with Crippen LogP contribution < -0.4 is 5.32 Å². The summed E-state index contributed by atoms with van der Waals surface area (Å²) in [6.07, 6.45) is 34.2. The Morgan fingerprint density at radius 2 is 1.03 bits per heavy atom. The molecule has 1 N–H and O–H groups in total. The Bertz CT molecular complexity index is 595. The lowest BCUT2D eigenvalue weighted by Crippen LogP contribution is -2.20. The van der Waals surface area contributed by atoms with Crippen LogP contribution in [0.4, 0.5) is 0 Å². The molecule has 0 rings (SSSR count). The molecule has 35 heavy (non-hydrogen) atoms. The number of unbranched alkanes of at least 4 members (excludes halogenated alkanes) is 15. The van der Waals surface area contributed by atoms with Gasteiger partial charge in [0.1, 0.15) is 0 Å². The predicted octanol–water partition coefficient (Wildman–Crippen LogP) is 8.76. The first kappa shape index (κ1) is 32.9. The molecule has 0 aromatic rings. The van der Waals surface area contributed by atoms with E-state index in [1.165, 1.54) is 77.0 Å². The van der Waals surface area contributed by atoms with Gasteiger partial charge in [0.25, 0.3) is 0 Å². The van der Waals surface area contributed by atoms with Crippen LogP contribution in [0.25, 0.3) is 0 Å². The third kappa shape index (κ3) is 24.8. The first-order chi connectivity index (χ1) is 17.1. The van der Waals surface area contributed by atoms with Crippen LogP contribution in [0.1, 0.15) is 128 Å². The van der Waals surface area contributed by atoms with Gasteiger partial charge in [-0.3, -0.25) is 9.59 Å². The van der Waals surface area contributed by atoms with E-state index in [-0.39, 0.29) is 11.8 Å². The average Bonchev–Trinajstić information content (AvgIpc) is 2.85. The number of nitrogens with one attached hydrogen (secondary N) is 1. The number of hydrogen-bond acceptors (Lipinski definition) is 2. The molecule has 0 aliphatic carbocycles. The van der Waals surface area contributed by atoms with Crippen molar-refractivity contribution < 1.29 is 9.59 Å². The Balaban J connectivity index is 3.28. The summed E-state index contributed by atoms with van der Waals surface area (Å²) in [5.41, 5.74) is 0. The fourth-order valence-corrected chi connectivity index (χ4v) is 4.00. The third-order valence-corrected chi connectivity index (χ3v) is 6.23. The van der Waals surface area contributed by atoms with Crippen molar-refractivity contribution in [2.45, 2.75) is 128 Å². The Morgan fingerprint density at radius 1 is 0.629 bits per heavy atom. The van der Waals surface area contributed by atoms with E-state index in [1.54, 1.807) is 11.1 Å². The summed E-state index contributed by atoms with van der Waals surface area (Å²) in [7, 11) is 1.83. The van der Waals surface area contributed by atoms with Crippen molar-refractivity contribution >= 4 is 11.8 Å². The molecule has 0 aromatic heterocycles. The van der Waals surface area contributed by atoms with Crippen molar-refractivity contribution in [1.82, 2.24) is 10.2 Å². The fraction of sp³-hybridized carbons (Fsp3) is 0.677. The number of allylic oxidation sites excluding steroid dienone is 4. The van der Waals surface area contributed by atoms with E-state index in [0.29, 0.717) is 12.8 Å². The van der Waals surface area contributed by atoms with E-state index >= 15 is 0 Å². The smallest absolute Gasteiger partial charge is 0.226 e. The summed E-state index contributed by atoms with van der Waals surface area (Å²) in [6.45, 7) is 7.32. The largest absolute Gasteiger partial charge is 0.333 e. The summed E-state index contributed by atoms with van der Waals surface area (Å²) in [6, 6.07) is 0. The number of amides is 2. The third-order valence-electron chi connectivity index (χ3n) is 6.23. The number of carbonyl (C=O) groups excluding carboxylic acids is 2. The fourth-order valence-electron chi connectivity index (χ4n) is 4.00. The summed E-state index contributed by atoms with van der Waals surface area (Å²) in [4.78, 5) is 25.3. The average molecular weight is 487 g/mol. The maximum atomic E-state index is 12.0. The molecule has 4 heteroatoms. The van der Waals surface area contributed by atoms with Gasteiger partial charge in [-0.15, -0.1) is 13.2 Å². The van der Waals surface area contributed by atoms with Crippen LogP contribution in [0.2, 0.25) is 0 Å². The van der Waals surface area contributed by atoms with Crippen LogP contribution in [0, 0.1) is 0 Å². The zero-order chi connectivity index (χ0) is 25.8. The van der Waals surface area contributed by atoms with Gasteiger partial charge in [0.2, 0.25) is 11.8 Å². The Labute approximate surface area is 217 Å². The lowest BCUT2D eigenvalue weighted by Gasteiger charge is -2.11. The standard InChI is InChI=1S/C31H54N2O2/c1-4-6-24-28-32-30(34)26-22-20-18-16-14-12-10-8-9-11-13-15-17-19-21-23-27-31(35)33(3)29-25-7-5-2/h4-5,24-25,28-29H,1-2,6-23,26-27H2,3H3,(H,32,34)/b28-24+,29-25+. The Hall–Kier alpha value is -2.10. The molecule has 0 unspecified atom stereocenters. The van der Waals surface area contributed by atoms with Crippen molar-refractivity contribution in [2.24, 2.45) is 0 Å². The maximum absolute atomic E-state index is 12.0. The van der Waals surface area contributed by atoms with Gasteiger partial charge in [-0.2, -0.15) is 0 Å². The normalized spacial score (nSPS) is 11.2. The molecule has 0 saturated carbocycles. The molecule has 2 amide bonds. The topological polar surface area (TPSA) is 49.4 Å². The monoisotopic (exact) mass is 486 g/mol. The zero-order valence-corrected chi connectivity index (χ0v) is 22.8. The van der Waals surface area contributed by atoms with Gasteiger partial charge in [-0.1, -0.05) is 114 Å². The van der Waals surface area contributed by atoms with E-state index in [4.69, 9.17) is 0 Å². The molecular weight excluding hydrogens is 432 g/mol. The second-order valence-electron chi connectivity index (χ2n) is 9.56. The van der Waals surface area contributed by atoms with Crippen molar-refractivity contribution in [3.63, 3.8) is 0 Å². The van der Waals surface area contributed by atoms with Crippen LogP contribution in [0.3, 0.4) is 0 Å². The molecular formula is C31H54N2O2. The second kappa shape index (κ2) is 26.5. The van der Waals surface area contributed by atoms with Crippen LogP contribution in [0.5, 0.6) is 0 Å². The molecule has 0 heterocycles. The highest BCUT2D eigenvalue weighted by Gasteiger charge is 2.04. The molecule has 0 radical (unpaired) electrons. The van der Waals surface area contributed by atoms with Crippen molar-refractivity contribution in [1.29, 1.82) is 0 Å². The lowest BCUT2D eigenvalue weighted by molar-refractivity contribution is -0.127. The lowest BCUT2D eigenvalue weighted by atomic mass is 10.0. The Kier molecular flexibility index (Phi) is 24.9. The van der Waals surface area contributed by atoms with Crippen molar-refractivity contribution in [3.05, 3.63) is 49.9 Å². The van der Waals surface area contributed by atoms with Crippen LogP contribution in [-0.4, -0.2) is 23.8 Å². The SMILES string of the molecule is C=CC/C=C/NC(=O)CCCCCCCCCCCCCCCCCCC(=O)N(C)/C=C/CC=C. The second-order valence-corrected chi connectivity index (χ2v) is 9.56. The highest BCUT2D eigenvalue weighted by Crippen LogP contribution is 2.14. The molecule has 0 saturated heterocycles. The summed E-state index contributed by atoms with van der Waals surface area (Å²) < 4.78 is 0. The highest BCUT2D eigenvalue weighted by molar-refractivity contribution is 5.77. The van der Waals surface area contributed by atoms with Crippen LogP contribution in [0.15, 0.2) is 49.9 Å². The molecule has 0 bridgehead atoms. The first-order valence-electron chi connectivity index (χ1n) is 14.2. The van der Waals surface area contributed by atoms with Gasteiger partial charge in [-0.25, -0.2) is 0 Å². The van der Waals surface area contributed by atoms with E-state index in [9.17, 15) is 9.59 Å². The quantitative estimate of drug-likeness (QED) is 0.104. The van der Waals surface area contributed by atoms with Crippen LogP contribution >= 0.6 is 0 Å². The van der Waals surface area contributed by atoms with E-state index in [1.807, 2.05) is 37.6 Å². The molecule has 0 aromatic carbocycles. The zero-order valence-electron chi connectivity index (χ0n) is 22.8. The van der Waals surface area contributed by atoms with Gasteiger partial charge in [0, 0.05) is 32.3 Å². The number of hydrogen-bond donors (Lipinski definition) is 1. The number of nitrogens with zero attached hydrogens (tertiary/aromatic N) is 1. The Morgan fingerprint density at radius 3 is 1.49 bits per heavy atom. The molecule has 0 aliphatic heterocycles. The van der Waals surface area contributed by atoms with E-state index in [2.05, 4.69) is 18.5 Å². The highest BCUT2D eigenvalue weighted by atomic mass is 16.2. The van der Waals surface area contributed by atoms with E-state index in [0.717, 1.165) is 38.5 Å². The first-order valence-corrected chi connectivity index (χ1v) is 14.2. The molecule has 0 fully saturated rings. The van der Waals surface area contributed by atoms with Crippen molar-refractivity contribution in [3.8, 4) is 0 Å². The summed E-state index contributed by atoms with van der Waals surface area (Å²) in [5, 5.41) is 2.80. The number of rotatable bonds is 25. The number of carbonyl (C=O) groups is 2. The van der Waals surface area contributed by atoms with Crippen molar-refractivity contribution in [2.75, 3.05) is 7.05 Å². The van der Waals surface area contributed by atoms with Gasteiger partial charge in [0.05, 0.1) is 0 Å². The summed E-state index contributed by atoms with van der Waals surface area (Å²) >= 11 is 0. The minimum Gasteiger partial charge on any atom is -0.333 e. The molecule has 0 spiro atoms. The van der Waals surface area contributed by atoms with Gasteiger partial charge in [0.15, 0.2) is 0 Å².